The Kier molecular flexibility index (Phi) is 5.27. The van der Waals surface area contributed by atoms with E-state index in [0.717, 1.165) is 12.1 Å². The Bertz CT molecular complexity index is 388. The molecule has 1 aromatic carbocycles. The molecule has 1 unspecified atom stereocenters. The first-order valence-corrected chi connectivity index (χ1v) is 5.91. The van der Waals surface area contributed by atoms with Gasteiger partial charge in [0.1, 0.15) is 6.04 Å². The van der Waals surface area contributed by atoms with E-state index in [4.69, 9.17) is 0 Å². The van der Waals surface area contributed by atoms with Crippen molar-refractivity contribution >= 4 is 11.6 Å². The average Bonchev–Trinajstić information content (AvgIpc) is 2.36. The molecule has 0 aromatic heterocycles. The van der Waals surface area contributed by atoms with Gasteiger partial charge in [0.25, 0.3) is 0 Å². The maximum Gasteiger partial charge on any atom is 0.242 e. The summed E-state index contributed by atoms with van der Waals surface area (Å²) < 4.78 is 0. The highest BCUT2D eigenvalue weighted by molar-refractivity contribution is 5.84. The standard InChI is InChI=1S/C14H20N2O/c1-4-9-15-14(17)11(3)16-13-8-6-7-12(5-2)10-13/h4,6-8,10-11,16H,1,5,9H2,2-3H3,(H,15,17). The van der Waals surface area contributed by atoms with Crippen molar-refractivity contribution in [3.8, 4) is 0 Å². The predicted octanol–water partition coefficient (Wildman–Crippen LogP) is 2.35. The van der Waals surface area contributed by atoms with Crippen molar-refractivity contribution in [2.45, 2.75) is 26.3 Å². The number of carbonyl (C=O) groups is 1. The SMILES string of the molecule is C=CCNC(=O)C(C)Nc1cccc(CC)c1. The normalized spacial score (nSPS) is 11.6. The van der Waals surface area contributed by atoms with E-state index < -0.39 is 0 Å². The second kappa shape index (κ2) is 6.74. The molecule has 17 heavy (non-hydrogen) atoms. The lowest BCUT2D eigenvalue weighted by Crippen LogP contribution is -2.37. The monoisotopic (exact) mass is 232 g/mol. The van der Waals surface area contributed by atoms with Crippen molar-refractivity contribution in [2.75, 3.05) is 11.9 Å². The van der Waals surface area contributed by atoms with Crippen LogP contribution in [-0.2, 0) is 11.2 Å². The van der Waals surface area contributed by atoms with E-state index in [1.54, 1.807) is 6.08 Å². The van der Waals surface area contributed by atoms with Crippen molar-refractivity contribution < 1.29 is 4.79 Å². The Morgan fingerprint density at radius 1 is 1.53 bits per heavy atom. The van der Waals surface area contributed by atoms with Crippen LogP contribution in [-0.4, -0.2) is 18.5 Å². The van der Waals surface area contributed by atoms with Gasteiger partial charge in [-0.25, -0.2) is 0 Å². The molecule has 1 amide bonds. The molecule has 1 aromatic rings. The Hall–Kier alpha value is -1.77. The maximum absolute atomic E-state index is 11.6. The fourth-order valence-electron chi connectivity index (χ4n) is 1.52. The molecule has 1 atom stereocenters. The van der Waals surface area contributed by atoms with E-state index in [1.165, 1.54) is 5.56 Å². The minimum absolute atomic E-state index is 0.0215. The molecule has 1 rings (SSSR count). The van der Waals surface area contributed by atoms with Crippen molar-refractivity contribution in [3.63, 3.8) is 0 Å². The average molecular weight is 232 g/mol. The highest BCUT2D eigenvalue weighted by Crippen LogP contribution is 2.12. The number of amides is 1. The lowest BCUT2D eigenvalue weighted by atomic mass is 10.1. The summed E-state index contributed by atoms with van der Waals surface area (Å²) in [4.78, 5) is 11.6. The first-order chi connectivity index (χ1) is 8.17. The second-order valence-electron chi connectivity index (χ2n) is 3.95. The summed E-state index contributed by atoms with van der Waals surface area (Å²) in [6.45, 7) is 8.02. The number of hydrogen-bond donors (Lipinski definition) is 2. The molecular weight excluding hydrogens is 212 g/mol. The van der Waals surface area contributed by atoms with Gasteiger partial charge in [-0.2, -0.15) is 0 Å². The molecule has 0 aliphatic carbocycles. The van der Waals surface area contributed by atoms with Gasteiger partial charge >= 0.3 is 0 Å². The van der Waals surface area contributed by atoms with Crippen LogP contribution in [0, 0.1) is 0 Å². The summed E-state index contributed by atoms with van der Waals surface area (Å²) in [7, 11) is 0. The molecule has 0 aliphatic heterocycles. The molecule has 0 bridgehead atoms. The highest BCUT2D eigenvalue weighted by atomic mass is 16.2. The second-order valence-corrected chi connectivity index (χ2v) is 3.95. The summed E-state index contributed by atoms with van der Waals surface area (Å²) in [5.41, 5.74) is 2.24. The van der Waals surface area contributed by atoms with Crippen LogP contribution in [0.1, 0.15) is 19.4 Å². The third kappa shape index (κ3) is 4.31. The summed E-state index contributed by atoms with van der Waals surface area (Å²) in [6.07, 6.45) is 2.66. The summed E-state index contributed by atoms with van der Waals surface area (Å²) in [5, 5.41) is 5.94. The van der Waals surface area contributed by atoms with E-state index in [2.05, 4.69) is 36.3 Å². The van der Waals surface area contributed by atoms with Crippen molar-refractivity contribution in [1.82, 2.24) is 5.32 Å². The molecule has 0 fully saturated rings. The lowest BCUT2D eigenvalue weighted by Gasteiger charge is -2.15. The quantitative estimate of drug-likeness (QED) is 0.739. The van der Waals surface area contributed by atoms with Gasteiger partial charge in [-0.3, -0.25) is 4.79 Å². The largest absolute Gasteiger partial charge is 0.374 e. The third-order valence-corrected chi connectivity index (χ3v) is 2.53. The third-order valence-electron chi connectivity index (χ3n) is 2.53. The van der Waals surface area contributed by atoms with E-state index in [1.807, 2.05) is 19.1 Å². The van der Waals surface area contributed by atoms with Crippen LogP contribution in [0.25, 0.3) is 0 Å². The Morgan fingerprint density at radius 3 is 2.94 bits per heavy atom. The van der Waals surface area contributed by atoms with Crippen LogP contribution in [0.2, 0.25) is 0 Å². The zero-order valence-electron chi connectivity index (χ0n) is 10.5. The van der Waals surface area contributed by atoms with Crippen molar-refractivity contribution in [2.24, 2.45) is 0 Å². The molecule has 3 heteroatoms. The molecule has 3 nitrogen and oxygen atoms in total. The van der Waals surface area contributed by atoms with Gasteiger partial charge in [0.05, 0.1) is 0 Å². The zero-order chi connectivity index (χ0) is 12.7. The molecule has 0 radical (unpaired) electrons. The molecule has 0 heterocycles. The molecule has 0 aliphatic rings. The van der Waals surface area contributed by atoms with Crippen molar-refractivity contribution in [3.05, 3.63) is 42.5 Å². The van der Waals surface area contributed by atoms with Gasteiger partial charge in [-0.05, 0) is 31.0 Å². The van der Waals surface area contributed by atoms with E-state index in [9.17, 15) is 4.79 Å². The number of rotatable bonds is 6. The number of anilines is 1. The molecular formula is C14H20N2O. The van der Waals surface area contributed by atoms with Crippen LogP contribution >= 0.6 is 0 Å². The minimum atomic E-state index is -0.248. The minimum Gasteiger partial charge on any atom is -0.374 e. The van der Waals surface area contributed by atoms with Crippen molar-refractivity contribution in [1.29, 1.82) is 0 Å². The Labute approximate surface area is 103 Å². The Balaban J connectivity index is 2.57. The number of hydrogen-bond acceptors (Lipinski definition) is 2. The molecule has 0 saturated carbocycles. The first-order valence-electron chi connectivity index (χ1n) is 5.91. The molecule has 0 saturated heterocycles. The Morgan fingerprint density at radius 2 is 2.29 bits per heavy atom. The maximum atomic E-state index is 11.6. The molecule has 92 valence electrons. The van der Waals surface area contributed by atoms with E-state index >= 15 is 0 Å². The number of benzene rings is 1. The van der Waals surface area contributed by atoms with Crippen LogP contribution in [0.4, 0.5) is 5.69 Å². The summed E-state index contributed by atoms with van der Waals surface area (Å²) >= 11 is 0. The number of carbonyl (C=O) groups excluding carboxylic acids is 1. The van der Waals surface area contributed by atoms with E-state index in [0.29, 0.717) is 6.54 Å². The number of aryl methyl sites for hydroxylation is 1. The fraction of sp³-hybridized carbons (Fsp3) is 0.357. The summed E-state index contributed by atoms with van der Waals surface area (Å²) in [5.74, 6) is -0.0215. The fourth-order valence-corrected chi connectivity index (χ4v) is 1.52. The smallest absolute Gasteiger partial charge is 0.242 e. The van der Waals surface area contributed by atoms with Gasteiger partial charge < -0.3 is 10.6 Å². The highest BCUT2D eigenvalue weighted by Gasteiger charge is 2.10. The molecule has 0 spiro atoms. The predicted molar refractivity (Wildman–Crippen MR) is 72.1 cm³/mol. The summed E-state index contributed by atoms with van der Waals surface area (Å²) in [6, 6.07) is 7.86. The van der Waals surface area contributed by atoms with Crippen LogP contribution in [0.5, 0.6) is 0 Å². The number of nitrogens with one attached hydrogen (secondary N) is 2. The van der Waals surface area contributed by atoms with Gasteiger partial charge in [0.2, 0.25) is 5.91 Å². The topological polar surface area (TPSA) is 41.1 Å². The van der Waals surface area contributed by atoms with Crippen LogP contribution < -0.4 is 10.6 Å². The van der Waals surface area contributed by atoms with Crippen LogP contribution in [0.15, 0.2) is 36.9 Å². The zero-order valence-corrected chi connectivity index (χ0v) is 10.5. The first kappa shape index (κ1) is 13.3. The molecule has 2 N–H and O–H groups in total. The van der Waals surface area contributed by atoms with Gasteiger partial charge in [-0.15, -0.1) is 6.58 Å². The van der Waals surface area contributed by atoms with Gasteiger partial charge in [-0.1, -0.05) is 25.1 Å². The van der Waals surface area contributed by atoms with Gasteiger partial charge in [0.15, 0.2) is 0 Å². The lowest BCUT2D eigenvalue weighted by molar-refractivity contribution is -0.121. The van der Waals surface area contributed by atoms with E-state index in [-0.39, 0.29) is 11.9 Å². The van der Waals surface area contributed by atoms with Crippen LogP contribution in [0.3, 0.4) is 0 Å². The van der Waals surface area contributed by atoms with Gasteiger partial charge in [0, 0.05) is 12.2 Å².